The standard InChI is InChI=1S/C31H28F9N3O6/c1-3-48-25(44)27(46)23(41-20-11-5-8-17(14-20)29(32,33)34)24(42-21-12-6-9-18(15-21)30(35,36)37)28(47,26(45)49-4-2)43(27)22-13-7-10-19(16-22)31(38,39)40/h5-16,23-24,41-42,46-47H,3-4H2,1-2H3/t23-,24-,27+,28+/m1/s1. The van der Waals surface area contributed by atoms with Gasteiger partial charge in [-0.2, -0.15) is 39.5 Å². The van der Waals surface area contributed by atoms with Gasteiger partial charge in [0.05, 0.1) is 29.9 Å². The predicted molar refractivity (Wildman–Crippen MR) is 155 cm³/mol. The van der Waals surface area contributed by atoms with E-state index in [1.54, 1.807) is 0 Å². The van der Waals surface area contributed by atoms with Crippen LogP contribution in [0.2, 0.25) is 0 Å². The zero-order chi connectivity index (χ0) is 36.6. The Bertz CT molecular complexity index is 1590. The molecule has 4 rings (SSSR count). The van der Waals surface area contributed by atoms with Gasteiger partial charge in [0.2, 0.25) is 0 Å². The van der Waals surface area contributed by atoms with E-state index in [9.17, 15) is 59.3 Å². The van der Waals surface area contributed by atoms with Crippen LogP contribution in [-0.4, -0.2) is 58.9 Å². The number of hydrogen-bond donors (Lipinski definition) is 4. The first-order valence-electron chi connectivity index (χ1n) is 14.3. The predicted octanol–water partition coefficient (Wildman–Crippen LogP) is 6.03. The van der Waals surface area contributed by atoms with Gasteiger partial charge in [-0.3, -0.25) is 4.90 Å². The SMILES string of the molecule is CCOC(=O)[C@@]1(O)[C@H](Nc2cccc(C(F)(F)F)c2)[C@@H](Nc2cccc(C(F)(F)F)c2)[C@](O)(C(=O)OCC)N1c1cccc(C(F)(F)F)c1. The van der Waals surface area contributed by atoms with Crippen LogP contribution in [0.1, 0.15) is 30.5 Å². The van der Waals surface area contributed by atoms with Gasteiger partial charge in [0.15, 0.2) is 0 Å². The summed E-state index contributed by atoms with van der Waals surface area (Å²) in [5, 5.41) is 29.5. The molecule has 0 spiro atoms. The molecule has 0 amide bonds. The number of alkyl halides is 9. The van der Waals surface area contributed by atoms with Gasteiger partial charge < -0.3 is 30.3 Å². The van der Waals surface area contributed by atoms with Crippen molar-refractivity contribution in [2.75, 3.05) is 28.7 Å². The highest BCUT2D eigenvalue weighted by molar-refractivity contribution is 5.95. The fourth-order valence-electron chi connectivity index (χ4n) is 5.43. The summed E-state index contributed by atoms with van der Waals surface area (Å²) in [6, 6.07) is 4.29. The average Bonchev–Trinajstić information content (AvgIpc) is 3.20. The first kappa shape index (κ1) is 37.1. The molecule has 1 heterocycles. The second-order valence-electron chi connectivity index (χ2n) is 10.7. The number of benzene rings is 3. The summed E-state index contributed by atoms with van der Waals surface area (Å²) < 4.78 is 133. The molecule has 0 unspecified atom stereocenters. The Hall–Kier alpha value is -4.71. The summed E-state index contributed by atoms with van der Waals surface area (Å²) in [6.07, 6.45) is -14.9. The number of nitrogens with one attached hydrogen (secondary N) is 2. The number of aliphatic hydroxyl groups is 2. The summed E-state index contributed by atoms with van der Waals surface area (Å²) >= 11 is 0. The summed E-state index contributed by atoms with van der Waals surface area (Å²) in [7, 11) is 0. The van der Waals surface area contributed by atoms with Crippen molar-refractivity contribution < 1.29 is 68.8 Å². The van der Waals surface area contributed by atoms with Crippen molar-refractivity contribution in [2.24, 2.45) is 0 Å². The second-order valence-corrected chi connectivity index (χ2v) is 10.7. The van der Waals surface area contributed by atoms with Gasteiger partial charge in [0.1, 0.15) is 12.1 Å². The number of esters is 2. The van der Waals surface area contributed by atoms with E-state index in [0.717, 1.165) is 36.4 Å². The van der Waals surface area contributed by atoms with Gasteiger partial charge in [-0.25, -0.2) is 9.59 Å². The van der Waals surface area contributed by atoms with Crippen LogP contribution in [0.3, 0.4) is 0 Å². The molecular weight excluding hydrogens is 681 g/mol. The van der Waals surface area contributed by atoms with Crippen LogP contribution in [0.15, 0.2) is 72.8 Å². The molecule has 4 atom stereocenters. The van der Waals surface area contributed by atoms with E-state index in [0.29, 0.717) is 36.4 Å². The minimum atomic E-state index is -5.05. The highest BCUT2D eigenvalue weighted by atomic mass is 19.4. The van der Waals surface area contributed by atoms with E-state index in [4.69, 9.17) is 9.47 Å². The minimum absolute atomic E-state index is 0.127. The second kappa shape index (κ2) is 13.3. The zero-order valence-electron chi connectivity index (χ0n) is 25.4. The van der Waals surface area contributed by atoms with Gasteiger partial charge in [0, 0.05) is 17.1 Å². The molecule has 4 N–H and O–H groups in total. The lowest BCUT2D eigenvalue weighted by Crippen LogP contribution is -2.66. The maximum atomic E-state index is 13.9. The Morgan fingerprint density at radius 1 is 0.653 bits per heavy atom. The van der Waals surface area contributed by atoms with E-state index in [1.807, 2.05) is 0 Å². The lowest BCUT2D eigenvalue weighted by molar-refractivity contribution is -0.172. The normalized spacial score (nSPS) is 22.8. The molecule has 18 heteroatoms. The largest absolute Gasteiger partial charge is 0.462 e. The Morgan fingerprint density at radius 2 is 1.00 bits per heavy atom. The number of ether oxygens (including phenoxy) is 2. The van der Waals surface area contributed by atoms with Crippen molar-refractivity contribution in [1.82, 2.24) is 0 Å². The maximum Gasteiger partial charge on any atom is 0.416 e. The van der Waals surface area contributed by atoms with E-state index in [1.165, 1.54) is 13.8 Å². The first-order chi connectivity index (χ1) is 22.7. The van der Waals surface area contributed by atoms with E-state index in [-0.39, 0.29) is 4.90 Å². The van der Waals surface area contributed by atoms with Crippen molar-refractivity contribution in [3.8, 4) is 0 Å². The van der Waals surface area contributed by atoms with Crippen molar-refractivity contribution in [3.05, 3.63) is 89.5 Å². The van der Waals surface area contributed by atoms with Crippen LogP contribution in [-0.2, 0) is 37.6 Å². The highest BCUT2D eigenvalue weighted by Crippen LogP contribution is 2.48. The molecule has 1 fully saturated rings. The van der Waals surface area contributed by atoms with E-state index >= 15 is 0 Å². The fourth-order valence-corrected chi connectivity index (χ4v) is 5.43. The molecule has 1 aliphatic rings. The molecule has 0 aliphatic carbocycles. The molecule has 1 aliphatic heterocycles. The Morgan fingerprint density at radius 3 is 1.35 bits per heavy atom. The van der Waals surface area contributed by atoms with Crippen molar-refractivity contribution in [3.63, 3.8) is 0 Å². The number of nitrogens with zero attached hydrogens (tertiary/aromatic N) is 1. The van der Waals surface area contributed by atoms with Gasteiger partial charge in [0.25, 0.3) is 11.4 Å². The van der Waals surface area contributed by atoms with Crippen LogP contribution in [0, 0.1) is 0 Å². The summed E-state index contributed by atoms with van der Waals surface area (Å²) in [5.74, 6) is -3.43. The lowest BCUT2D eigenvalue weighted by Gasteiger charge is -2.41. The summed E-state index contributed by atoms with van der Waals surface area (Å²) in [4.78, 5) is 27.6. The smallest absolute Gasteiger partial charge is 0.416 e. The Labute approximate surface area is 272 Å². The highest BCUT2D eigenvalue weighted by Gasteiger charge is 2.74. The number of halogens is 9. The van der Waals surface area contributed by atoms with Crippen LogP contribution >= 0.6 is 0 Å². The Balaban J connectivity index is 2.07. The number of carbonyl (C=O) groups excluding carboxylic acids is 2. The molecule has 0 aromatic heterocycles. The van der Waals surface area contributed by atoms with E-state index < -0.39 is 101 Å². The molecule has 0 bridgehead atoms. The third-order valence-corrected chi connectivity index (χ3v) is 7.49. The molecule has 3 aromatic carbocycles. The summed E-state index contributed by atoms with van der Waals surface area (Å²) in [5.41, 5.74) is -12.7. The van der Waals surface area contributed by atoms with Crippen LogP contribution < -0.4 is 15.5 Å². The first-order valence-corrected chi connectivity index (χ1v) is 14.3. The molecule has 0 radical (unpaired) electrons. The van der Waals surface area contributed by atoms with Gasteiger partial charge >= 0.3 is 30.5 Å². The lowest BCUT2D eigenvalue weighted by atomic mass is 9.95. The minimum Gasteiger partial charge on any atom is -0.462 e. The van der Waals surface area contributed by atoms with Crippen molar-refractivity contribution >= 4 is 29.0 Å². The molecule has 9 nitrogen and oxygen atoms in total. The van der Waals surface area contributed by atoms with Crippen molar-refractivity contribution in [2.45, 2.75) is 55.9 Å². The van der Waals surface area contributed by atoms with E-state index in [2.05, 4.69) is 10.6 Å². The third kappa shape index (κ3) is 7.19. The summed E-state index contributed by atoms with van der Waals surface area (Å²) in [6.45, 7) is 1.51. The van der Waals surface area contributed by atoms with Crippen LogP contribution in [0.25, 0.3) is 0 Å². The number of hydrogen-bond acceptors (Lipinski definition) is 9. The van der Waals surface area contributed by atoms with Gasteiger partial charge in [-0.05, 0) is 68.4 Å². The maximum absolute atomic E-state index is 13.9. The fraction of sp³-hybridized carbons (Fsp3) is 0.355. The molecule has 49 heavy (non-hydrogen) atoms. The van der Waals surface area contributed by atoms with Crippen LogP contribution in [0.4, 0.5) is 56.6 Å². The van der Waals surface area contributed by atoms with Crippen molar-refractivity contribution in [1.29, 1.82) is 0 Å². The molecular formula is C31H28F9N3O6. The number of carbonyl (C=O) groups is 2. The molecule has 0 saturated carbocycles. The third-order valence-electron chi connectivity index (χ3n) is 7.49. The average molecular weight is 710 g/mol. The monoisotopic (exact) mass is 709 g/mol. The zero-order valence-corrected chi connectivity index (χ0v) is 25.4. The quantitative estimate of drug-likeness (QED) is 0.156. The number of rotatable bonds is 9. The van der Waals surface area contributed by atoms with Gasteiger partial charge in [-0.15, -0.1) is 0 Å². The van der Waals surface area contributed by atoms with Crippen LogP contribution in [0.5, 0.6) is 0 Å². The molecule has 3 aromatic rings. The number of anilines is 3. The Kier molecular flexibility index (Phi) is 10.1. The molecule has 266 valence electrons. The topological polar surface area (TPSA) is 120 Å². The molecule has 1 saturated heterocycles. The van der Waals surface area contributed by atoms with Gasteiger partial charge in [-0.1, -0.05) is 18.2 Å².